The first kappa shape index (κ1) is 14.6. The molecule has 3 heteroatoms. The van der Waals surface area contributed by atoms with Gasteiger partial charge in [-0.25, -0.2) is 0 Å². The molecule has 0 bridgehead atoms. The summed E-state index contributed by atoms with van der Waals surface area (Å²) in [5, 5.41) is 11.9. The molecule has 1 unspecified atom stereocenters. The molecule has 2 heterocycles. The maximum atomic E-state index is 10.9. The van der Waals surface area contributed by atoms with Crippen LogP contribution in [0.25, 0.3) is 11.0 Å². The molecule has 21 heavy (non-hydrogen) atoms. The number of furan rings is 1. The molecule has 0 radical (unpaired) electrons. The molecule has 1 aromatic heterocycles. The quantitative estimate of drug-likeness (QED) is 0.922. The Bertz CT molecular complexity index is 561. The average molecular weight is 287 g/mol. The van der Waals surface area contributed by atoms with Gasteiger partial charge in [-0.3, -0.25) is 4.90 Å². The third-order valence-electron chi connectivity index (χ3n) is 4.80. The van der Waals surface area contributed by atoms with E-state index in [2.05, 4.69) is 18.7 Å². The van der Waals surface area contributed by atoms with Gasteiger partial charge in [-0.2, -0.15) is 0 Å². The summed E-state index contributed by atoms with van der Waals surface area (Å²) < 4.78 is 5.86. The summed E-state index contributed by atoms with van der Waals surface area (Å²) in [5.74, 6) is 0.672. The van der Waals surface area contributed by atoms with E-state index in [9.17, 15) is 5.11 Å². The first-order valence-corrected chi connectivity index (χ1v) is 8.00. The van der Waals surface area contributed by atoms with Crippen LogP contribution in [0.2, 0.25) is 0 Å². The molecule has 3 rings (SSSR count). The second kappa shape index (κ2) is 5.82. The highest BCUT2D eigenvalue weighted by Gasteiger charge is 2.37. The maximum absolute atomic E-state index is 10.9. The van der Waals surface area contributed by atoms with Crippen molar-refractivity contribution in [2.45, 2.75) is 51.2 Å². The smallest absolute Gasteiger partial charge is 0.135 e. The van der Waals surface area contributed by atoms with Crippen LogP contribution in [0.5, 0.6) is 0 Å². The van der Waals surface area contributed by atoms with E-state index < -0.39 is 6.10 Å². The fourth-order valence-corrected chi connectivity index (χ4v) is 3.31. The molecule has 1 fully saturated rings. The minimum Gasteiger partial charge on any atom is -0.458 e. The number of fused-ring (bicyclic) bond motifs is 1. The minimum absolute atomic E-state index is 0.307. The van der Waals surface area contributed by atoms with Crippen LogP contribution in [0.3, 0.4) is 0 Å². The Hall–Kier alpha value is -1.32. The molecule has 1 N–H and O–H groups in total. The molecule has 0 spiro atoms. The van der Waals surface area contributed by atoms with E-state index in [1.54, 1.807) is 0 Å². The SMILES string of the molecule is CC(C)(C(O)c1cc2ccccc2o1)N1CCCCCC1. The molecular weight excluding hydrogens is 262 g/mol. The summed E-state index contributed by atoms with van der Waals surface area (Å²) in [6.45, 7) is 6.36. The van der Waals surface area contributed by atoms with Crippen LogP contribution in [0.15, 0.2) is 34.7 Å². The number of likely N-dealkylation sites (tertiary alicyclic amines) is 1. The van der Waals surface area contributed by atoms with Crippen LogP contribution in [0.1, 0.15) is 51.4 Å². The summed E-state index contributed by atoms with van der Waals surface area (Å²) in [4.78, 5) is 2.41. The highest BCUT2D eigenvalue weighted by Crippen LogP contribution is 2.35. The summed E-state index contributed by atoms with van der Waals surface area (Å²) in [6, 6.07) is 9.90. The molecule has 114 valence electrons. The highest BCUT2D eigenvalue weighted by atomic mass is 16.4. The zero-order chi connectivity index (χ0) is 14.9. The number of aliphatic hydroxyl groups is 1. The number of aliphatic hydroxyl groups excluding tert-OH is 1. The number of benzene rings is 1. The van der Waals surface area contributed by atoms with Gasteiger partial charge in [0.1, 0.15) is 17.4 Å². The van der Waals surface area contributed by atoms with Crippen LogP contribution < -0.4 is 0 Å². The normalized spacial score (nSPS) is 19.6. The maximum Gasteiger partial charge on any atom is 0.135 e. The van der Waals surface area contributed by atoms with Gasteiger partial charge in [0.2, 0.25) is 0 Å². The van der Waals surface area contributed by atoms with Crippen molar-refractivity contribution in [2.24, 2.45) is 0 Å². The van der Waals surface area contributed by atoms with E-state index in [0.717, 1.165) is 24.1 Å². The highest BCUT2D eigenvalue weighted by molar-refractivity contribution is 5.77. The van der Waals surface area contributed by atoms with Gasteiger partial charge in [-0.05, 0) is 51.9 Å². The van der Waals surface area contributed by atoms with Crippen molar-refractivity contribution in [1.29, 1.82) is 0 Å². The summed E-state index contributed by atoms with van der Waals surface area (Å²) in [5.41, 5.74) is 0.538. The molecule has 1 saturated heterocycles. The molecule has 0 saturated carbocycles. The number of para-hydroxylation sites is 1. The predicted molar refractivity (Wildman–Crippen MR) is 85.3 cm³/mol. The Morgan fingerprint density at radius 3 is 2.43 bits per heavy atom. The Balaban J connectivity index is 1.86. The lowest BCUT2D eigenvalue weighted by molar-refractivity contribution is -0.0205. The summed E-state index contributed by atoms with van der Waals surface area (Å²) >= 11 is 0. The topological polar surface area (TPSA) is 36.6 Å². The van der Waals surface area contributed by atoms with Crippen LogP contribution in [-0.2, 0) is 0 Å². The molecule has 1 atom stereocenters. The van der Waals surface area contributed by atoms with Crippen LogP contribution in [-0.4, -0.2) is 28.6 Å². The fourth-order valence-electron chi connectivity index (χ4n) is 3.31. The third kappa shape index (κ3) is 2.85. The predicted octanol–water partition coefficient (Wildman–Crippen LogP) is 4.12. The fraction of sp³-hybridized carbons (Fsp3) is 0.556. The van der Waals surface area contributed by atoms with Crippen LogP contribution in [0, 0.1) is 0 Å². The second-order valence-corrected chi connectivity index (χ2v) is 6.64. The van der Waals surface area contributed by atoms with E-state index in [-0.39, 0.29) is 5.54 Å². The van der Waals surface area contributed by atoms with Gasteiger partial charge in [-0.15, -0.1) is 0 Å². The molecule has 1 aliphatic heterocycles. The van der Waals surface area contributed by atoms with Crippen molar-refractivity contribution < 1.29 is 9.52 Å². The van der Waals surface area contributed by atoms with E-state index >= 15 is 0 Å². The molecule has 3 nitrogen and oxygen atoms in total. The Kier molecular flexibility index (Phi) is 4.05. The Morgan fingerprint density at radius 2 is 1.76 bits per heavy atom. The van der Waals surface area contributed by atoms with Gasteiger partial charge >= 0.3 is 0 Å². The van der Waals surface area contributed by atoms with Gasteiger partial charge in [0.15, 0.2) is 0 Å². The number of hydrogen-bond donors (Lipinski definition) is 1. The number of nitrogens with zero attached hydrogens (tertiary/aromatic N) is 1. The lowest BCUT2D eigenvalue weighted by Crippen LogP contribution is -2.48. The number of hydrogen-bond acceptors (Lipinski definition) is 3. The van der Waals surface area contributed by atoms with Crippen LogP contribution in [0.4, 0.5) is 0 Å². The third-order valence-corrected chi connectivity index (χ3v) is 4.80. The van der Waals surface area contributed by atoms with Gasteiger partial charge in [0.05, 0.1) is 0 Å². The molecule has 1 aliphatic rings. The van der Waals surface area contributed by atoms with E-state index in [4.69, 9.17) is 4.42 Å². The van der Waals surface area contributed by atoms with E-state index in [0.29, 0.717) is 5.76 Å². The summed E-state index contributed by atoms with van der Waals surface area (Å²) in [7, 11) is 0. The van der Waals surface area contributed by atoms with Crippen molar-refractivity contribution in [3.63, 3.8) is 0 Å². The van der Waals surface area contributed by atoms with Gasteiger partial charge < -0.3 is 9.52 Å². The van der Waals surface area contributed by atoms with Crippen molar-refractivity contribution in [2.75, 3.05) is 13.1 Å². The van der Waals surface area contributed by atoms with Crippen LogP contribution >= 0.6 is 0 Å². The lowest BCUT2D eigenvalue weighted by atomic mass is 9.92. The van der Waals surface area contributed by atoms with Crippen molar-refractivity contribution in [3.8, 4) is 0 Å². The Labute approximate surface area is 126 Å². The zero-order valence-corrected chi connectivity index (χ0v) is 13.0. The molecule has 1 aromatic carbocycles. The minimum atomic E-state index is -0.608. The average Bonchev–Trinajstić information content (AvgIpc) is 2.71. The first-order valence-electron chi connectivity index (χ1n) is 8.00. The molecule has 0 aliphatic carbocycles. The van der Waals surface area contributed by atoms with Crippen molar-refractivity contribution in [3.05, 3.63) is 36.1 Å². The Morgan fingerprint density at radius 1 is 1.10 bits per heavy atom. The van der Waals surface area contributed by atoms with Crippen molar-refractivity contribution >= 4 is 11.0 Å². The first-order chi connectivity index (χ1) is 10.1. The standard InChI is InChI=1S/C18H25NO2/c1-18(2,19-11-7-3-4-8-12-19)17(20)16-13-14-9-5-6-10-15(14)21-16/h5-6,9-10,13,17,20H,3-4,7-8,11-12H2,1-2H3. The monoisotopic (exact) mass is 287 g/mol. The van der Waals surface area contributed by atoms with Crippen molar-refractivity contribution in [1.82, 2.24) is 4.90 Å². The molecule has 2 aromatic rings. The molecule has 0 amide bonds. The summed E-state index contributed by atoms with van der Waals surface area (Å²) in [6.07, 6.45) is 4.43. The lowest BCUT2D eigenvalue weighted by Gasteiger charge is -2.40. The molecular formula is C18H25NO2. The van der Waals surface area contributed by atoms with E-state index in [1.807, 2.05) is 30.3 Å². The van der Waals surface area contributed by atoms with E-state index in [1.165, 1.54) is 25.7 Å². The number of rotatable bonds is 3. The van der Waals surface area contributed by atoms with Gasteiger partial charge in [-0.1, -0.05) is 31.0 Å². The second-order valence-electron chi connectivity index (χ2n) is 6.64. The van der Waals surface area contributed by atoms with Gasteiger partial charge in [0, 0.05) is 10.9 Å². The zero-order valence-electron chi connectivity index (χ0n) is 13.0. The largest absolute Gasteiger partial charge is 0.458 e. The van der Waals surface area contributed by atoms with Gasteiger partial charge in [0.25, 0.3) is 0 Å².